The van der Waals surface area contributed by atoms with E-state index in [9.17, 15) is 4.79 Å². The number of likely N-dealkylation sites (N-methyl/N-ethyl adjacent to an activating group) is 1. The Labute approximate surface area is 91.1 Å². The average molecular weight is 206 g/mol. The molecule has 0 saturated heterocycles. The Morgan fingerprint density at radius 2 is 1.73 bits per heavy atom. The van der Waals surface area contributed by atoms with Crippen molar-refractivity contribution >= 4 is 11.6 Å². The summed E-state index contributed by atoms with van der Waals surface area (Å²) in [4.78, 5) is 13.3. The standard InChI is InChI=1S/C12H18N2O/c1-9-5-10(2)7-11(6-9)13-12(15)8-14(3)4/h5-7H,8H2,1-4H3,(H,13,15). The van der Waals surface area contributed by atoms with Crippen molar-refractivity contribution in [3.8, 4) is 0 Å². The van der Waals surface area contributed by atoms with Crippen LogP contribution in [0.5, 0.6) is 0 Å². The minimum absolute atomic E-state index is 0.0185. The van der Waals surface area contributed by atoms with Crippen LogP contribution in [0.2, 0.25) is 0 Å². The Kier molecular flexibility index (Phi) is 3.86. The molecule has 0 aliphatic rings. The van der Waals surface area contributed by atoms with E-state index in [4.69, 9.17) is 0 Å². The van der Waals surface area contributed by atoms with Gasteiger partial charge in [0.25, 0.3) is 0 Å². The number of benzene rings is 1. The monoisotopic (exact) mass is 206 g/mol. The second-order valence-electron chi connectivity index (χ2n) is 4.16. The van der Waals surface area contributed by atoms with Crippen molar-refractivity contribution in [2.24, 2.45) is 0 Å². The molecule has 3 heteroatoms. The zero-order valence-corrected chi connectivity index (χ0v) is 9.79. The number of rotatable bonds is 3. The molecule has 0 atom stereocenters. The Bertz CT molecular complexity index is 338. The third kappa shape index (κ3) is 4.13. The van der Waals surface area contributed by atoms with Crippen LogP contribution in [0, 0.1) is 13.8 Å². The van der Waals surface area contributed by atoms with Crippen LogP contribution in [-0.4, -0.2) is 31.4 Å². The maximum absolute atomic E-state index is 11.5. The maximum Gasteiger partial charge on any atom is 0.238 e. The molecule has 1 aromatic rings. The van der Waals surface area contributed by atoms with Crippen LogP contribution in [0.25, 0.3) is 0 Å². The fraction of sp³-hybridized carbons (Fsp3) is 0.417. The van der Waals surface area contributed by atoms with E-state index in [0.29, 0.717) is 6.54 Å². The third-order valence-corrected chi connectivity index (χ3v) is 1.97. The van der Waals surface area contributed by atoms with E-state index in [2.05, 4.69) is 11.4 Å². The molecule has 3 nitrogen and oxygen atoms in total. The van der Waals surface area contributed by atoms with Crippen LogP contribution in [0.15, 0.2) is 18.2 Å². The van der Waals surface area contributed by atoms with Crippen molar-refractivity contribution in [3.63, 3.8) is 0 Å². The molecule has 1 aromatic carbocycles. The number of nitrogens with one attached hydrogen (secondary N) is 1. The number of carbonyl (C=O) groups is 1. The molecule has 0 bridgehead atoms. The topological polar surface area (TPSA) is 32.3 Å². The van der Waals surface area contributed by atoms with Crippen LogP contribution < -0.4 is 5.32 Å². The van der Waals surface area contributed by atoms with E-state index < -0.39 is 0 Å². The van der Waals surface area contributed by atoms with Crippen LogP contribution in [0.1, 0.15) is 11.1 Å². The van der Waals surface area contributed by atoms with Crippen molar-refractivity contribution in [3.05, 3.63) is 29.3 Å². The molecule has 0 aromatic heterocycles. The normalized spacial score (nSPS) is 10.5. The molecule has 0 radical (unpaired) electrons. The van der Waals surface area contributed by atoms with Crippen molar-refractivity contribution in [2.75, 3.05) is 26.0 Å². The summed E-state index contributed by atoms with van der Waals surface area (Å²) < 4.78 is 0. The smallest absolute Gasteiger partial charge is 0.238 e. The lowest BCUT2D eigenvalue weighted by molar-refractivity contribution is -0.116. The zero-order valence-electron chi connectivity index (χ0n) is 9.79. The lowest BCUT2D eigenvalue weighted by atomic mass is 10.1. The molecular weight excluding hydrogens is 188 g/mol. The fourth-order valence-electron chi connectivity index (χ4n) is 1.53. The number of aryl methyl sites for hydroxylation is 2. The van der Waals surface area contributed by atoms with Gasteiger partial charge >= 0.3 is 0 Å². The van der Waals surface area contributed by atoms with Gasteiger partial charge in [-0.15, -0.1) is 0 Å². The highest BCUT2D eigenvalue weighted by Gasteiger charge is 2.03. The molecule has 0 unspecified atom stereocenters. The number of nitrogens with zero attached hydrogens (tertiary/aromatic N) is 1. The number of carbonyl (C=O) groups excluding carboxylic acids is 1. The molecule has 15 heavy (non-hydrogen) atoms. The third-order valence-electron chi connectivity index (χ3n) is 1.97. The zero-order chi connectivity index (χ0) is 11.4. The molecule has 0 aliphatic carbocycles. The van der Waals surface area contributed by atoms with Gasteiger partial charge in [0, 0.05) is 5.69 Å². The number of anilines is 1. The van der Waals surface area contributed by atoms with Gasteiger partial charge in [0.15, 0.2) is 0 Å². The van der Waals surface area contributed by atoms with Gasteiger partial charge in [-0.3, -0.25) is 4.79 Å². The Morgan fingerprint density at radius 3 is 2.20 bits per heavy atom. The number of hydrogen-bond acceptors (Lipinski definition) is 2. The average Bonchev–Trinajstić information content (AvgIpc) is 1.98. The van der Waals surface area contributed by atoms with Gasteiger partial charge in [-0.05, 0) is 51.2 Å². The van der Waals surface area contributed by atoms with Crippen LogP contribution >= 0.6 is 0 Å². The summed E-state index contributed by atoms with van der Waals surface area (Å²) >= 11 is 0. The van der Waals surface area contributed by atoms with Crippen molar-refractivity contribution in [1.29, 1.82) is 0 Å². The van der Waals surface area contributed by atoms with E-state index in [1.165, 1.54) is 0 Å². The first-order valence-electron chi connectivity index (χ1n) is 5.00. The van der Waals surface area contributed by atoms with Gasteiger partial charge in [0.1, 0.15) is 0 Å². The molecule has 0 heterocycles. The van der Waals surface area contributed by atoms with E-state index in [0.717, 1.165) is 16.8 Å². The molecule has 0 spiro atoms. The SMILES string of the molecule is Cc1cc(C)cc(NC(=O)CN(C)C)c1. The van der Waals surface area contributed by atoms with Crippen LogP contribution in [0.3, 0.4) is 0 Å². The summed E-state index contributed by atoms with van der Waals surface area (Å²) in [5.74, 6) is 0.0185. The summed E-state index contributed by atoms with van der Waals surface area (Å²) in [6.07, 6.45) is 0. The number of hydrogen-bond donors (Lipinski definition) is 1. The Hall–Kier alpha value is -1.35. The first-order valence-corrected chi connectivity index (χ1v) is 5.00. The van der Waals surface area contributed by atoms with Crippen molar-refractivity contribution < 1.29 is 4.79 Å². The Morgan fingerprint density at radius 1 is 1.20 bits per heavy atom. The summed E-state index contributed by atoms with van der Waals surface area (Å²) in [6, 6.07) is 6.03. The van der Waals surface area contributed by atoms with Crippen LogP contribution in [-0.2, 0) is 4.79 Å². The molecule has 0 saturated carbocycles. The Balaban J connectivity index is 2.68. The maximum atomic E-state index is 11.5. The lowest BCUT2D eigenvalue weighted by Gasteiger charge is -2.11. The second kappa shape index (κ2) is 4.94. The van der Waals surface area contributed by atoms with E-state index in [1.807, 2.05) is 45.0 Å². The minimum Gasteiger partial charge on any atom is -0.325 e. The van der Waals surface area contributed by atoms with Crippen LogP contribution in [0.4, 0.5) is 5.69 Å². The molecular formula is C12H18N2O. The van der Waals surface area contributed by atoms with Crippen molar-refractivity contribution in [1.82, 2.24) is 4.90 Å². The van der Waals surface area contributed by atoms with Crippen molar-refractivity contribution in [2.45, 2.75) is 13.8 Å². The molecule has 1 amide bonds. The first kappa shape index (κ1) is 11.7. The van der Waals surface area contributed by atoms with E-state index in [-0.39, 0.29) is 5.91 Å². The van der Waals surface area contributed by atoms with Gasteiger partial charge in [0.2, 0.25) is 5.91 Å². The fourth-order valence-corrected chi connectivity index (χ4v) is 1.53. The minimum atomic E-state index is 0.0185. The molecule has 0 fully saturated rings. The molecule has 82 valence electrons. The summed E-state index contributed by atoms with van der Waals surface area (Å²) in [6.45, 7) is 4.45. The quantitative estimate of drug-likeness (QED) is 0.818. The number of amides is 1. The molecule has 1 rings (SSSR count). The van der Waals surface area contributed by atoms with E-state index in [1.54, 1.807) is 0 Å². The van der Waals surface area contributed by atoms with Gasteiger partial charge in [-0.25, -0.2) is 0 Å². The van der Waals surface area contributed by atoms with Gasteiger partial charge in [-0.1, -0.05) is 6.07 Å². The van der Waals surface area contributed by atoms with Gasteiger partial charge in [0.05, 0.1) is 6.54 Å². The highest BCUT2D eigenvalue weighted by atomic mass is 16.2. The second-order valence-corrected chi connectivity index (χ2v) is 4.16. The largest absolute Gasteiger partial charge is 0.325 e. The highest BCUT2D eigenvalue weighted by Crippen LogP contribution is 2.13. The molecule has 0 aliphatic heterocycles. The summed E-state index contributed by atoms with van der Waals surface area (Å²) in [5.41, 5.74) is 3.20. The predicted molar refractivity (Wildman–Crippen MR) is 63.1 cm³/mol. The van der Waals surface area contributed by atoms with Gasteiger partial charge < -0.3 is 10.2 Å². The first-order chi connectivity index (χ1) is 6.97. The van der Waals surface area contributed by atoms with E-state index >= 15 is 0 Å². The lowest BCUT2D eigenvalue weighted by Crippen LogP contribution is -2.27. The molecule has 1 N–H and O–H groups in total. The summed E-state index contributed by atoms with van der Waals surface area (Å²) in [7, 11) is 3.75. The van der Waals surface area contributed by atoms with Gasteiger partial charge in [-0.2, -0.15) is 0 Å². The predicted octanol–water partition coefficient (Wildman–Crippen LogP) is 1.80. The summed E-state index contributed by atoms with van der Waals surface area (Å²) in [5, 5.41) is 2.87. The highest BCUT2D eigenvalue weighted by molar-refractivity contribution is 5.92.